The third-order valence-corrected chi connectivity index (χ3v) is 19.4. The van der Waals surface area contributed by atoms with Crippen molar-refractivity contribution in [2.75, 3.05) is 19.6 Å². The minimum absolute atomic E-state index is 0.526. The molecule has 16 aromatic rings. The van der Waals surface area contributed by atoms with Crippen molar-refractivity contribution in [3.63, 3.8) is 0 Å². The molecule has 0 saturated heterocycles. The number of hydrogen-bond acceptors (Lipinski definition) is 4. The summed E-state index contributed by atoms with van der Waals surface area (Å²) in [6, 6.07) is 128. The van der Waals surface area contributed by atoms with Gasteiger partial charge in [-0.05, 0) is 207 Å². The summed E-state index contributed by atoms with van der Waals surface area (Å²) in [7, 11) is 0. The monoisotopic (exact) mass is 1240 g/mol. The molecule has 96 heavy (non-hydrogen) atoms. The SMILES string of the molecule is CCC(C)c1ccc(N(c2ccc(N(c3ccccc3)c3c4ccccc4cc4ccccc34)cc2)c2cccc3ccccc23)cc1.CCC(C)c1ccc(N(c2ccc(N(c3ccccc3)c3cccc4cc5ccccc5cc34)cc2)c2cccc3ccccc23)cc1. The average Bonchev–Trinajstić information content (AvgIpc) is 0.769. The van der Waals surface area contributed by atoms with E-state index >= 15 is 0 Å². The molecule has 0 radical (unpaired) electrons. The first-order valence-electron chi connectivity index (χ1n) is 33.9. The van der Waals surface area contributed by atoms with Crippen molar-refractivity contribution in [2.45, 2.75) is 52.4 Å². The van der Waals surface area contributed by atoms with Gasteiger partial charge in [-0.2, -0.15) is 0 Å². The van der Waals surface area contributed by atoms with E-state index in [2.05, 4.69) is 399 Å². The summed E-state index contributed by atoms with van der Waals surface area (Å²) in [6.07, 6.45) is 2.25. The number of hydrogen-bond donors (Lipinski definition) is 0. The third-order valence-electron chi connectivity index (χ3n) is 19.4. The van der Waals surface area contributed by atoms with Crippen LogP contribution in [0, 0.1) is 0 Å². The van der Waals surface area contributed by atoms with Crippen molar-refractivity contribution >= 4 is 133 Å². The molecule has 0 amide bonds. The lowest BCUT2D eigenvalue weighted by Gasteiger charge is -2.30. The van der Waals surface area contributed by atoms with Gasteiger partial charge in [-0.3, -0.25) is 0 Å². The van der Waals surface area contributed by atoms with Crippen LogP contribution in [0.4, 0.5) is 68.2 Å². The fourth-order valence-electron chi connectivity index (χ4n) is 13.9. The molecule has 464 valence electrons. The van der Waals surface area contributed by atoms with Crippen LogP contribution in [0.1, 0.15) is 63.5 Å². The second kappa shape index (κ2) is 27.1. The Morgan fingerprint density at radius 1 is 0.208 bits per heavy atom. The highest BCUT2D eigenvalue weighted by Crippen LogP contribution is 2.48. The normalized spacial score (nSPS) is 12.0. The standard InChI is InChI=1S/2C46H38N2/c1-3-33(2)34-24-26-39(27-25-34)47(45-23-13-17-35-14-7-10-20-42(35)45)40-28-30-41(31-29-40)48(38-18-5-4-6-19-38)46-43-21-11-8-15-36(43)32-37-16-9-12-22-44(37)46;1-3-33(2)34-23-25-40(26-24-34)48(45-21-11-16-35-13-9-10-20-43(35)45)42-29-27-41(28-30-42)47(39-18-5-4-6-19-39)46-22-12-17-38-31-36-14-7-8-15-37(36)32-44(38)46/h2*4-33H,3H2,1-2H3. The zero-order chi connectivity index (χ0) is 64.9. The van der Waals surface area contributed by atoms with Gasteiger partial charge in [0.05, 0.1) is 22.7 Å². The maximum atomic E-state index is 2.41. The number of anilines is 12. The van der Waals surface area contributed by atoms with Gasteiger partial charge in [-0.1, -0.05) is 246 Å². The number of para-hydroxylation sites is 2. The highest BCUT2D eigenvalue weighted by molar-refractivity contribution is 6.14. The van der Waals surface area contributed by atoms with Crippen LogP contribution in [0.15, 0.2) is 352 Å². The Bertz CT molecular complexity index is 5270. The van der Waals surface area contributed by atoms with Gasteiger partial charge in [0.1, 0.15) is 0 Å². The summed E-state index contributed by atoms with van der Waals surface area (Å²) in [5, 5.41) is 14.8. The second-order valence-corrected chi connectivity index (χ2v) is 25.2. The van der Waals surface area contributed by atoms with Crippen LogP contribution in [0.2, 0.25) is 0 Å². The van der Waals surface area contributed by atoms with Gasteiger partial charge in [-0.25, -0.2) is 0 Å². The molecule has 2 unspecified atom stereocenters. The van der Waals surface area contributed by atoms with E-state index in [1.165, 1.54) is 81.4 Å². The molecule has 0 N–H and O–H groups in total. The molecule has 0 spiro atoms. The Balaban J connectivity index is 0.000000158. The zero-order valence-electron chi connectivity index (χ0n) is 54.8. The van der Waals surface area contributed by atoms with Gasteiger partial charge < -0.3 is 19.6 Å². The summed E-state index contributed by atoms with van der Waals surface area (Å²) in [5.74, 6) is 1.05. The molecule has 0 aliphatic carbocycles. The molecule has 0 aliphatic rings. The average molecular weight is 1240 g/mol. The van der Waals surface area contributed by atoms with Crippen molar-refractivity contribution in [1.82, 2.24) is 0 Å². The molecule has 4 nitrogen and oxygen atoms in total. The highest BCUT2D eigenvalue weighted by atomic mass is 15.2. The van der Waals surface area contributed by atoms with Crippen LogP contribution >= 0.6 is 0 Å². The quantitative estimate of drug-likeness (QED) is 0.0894. The van der Waals surface area contributed by atoms with Crippen LogP contribution in [-0.4, -0.2) is 0 Å². The van der Waals surface area contributed by atoms with E-state index in [4.69, 9.17) is 0 Å². The van der Waals surface area contributed by atoms with Gasteiger partial charge >= 0.3 is 0 Å². The van der Waals surface area contributed by atoms with E-state index in [1.807, 2.05) is 0 Å². The Hall–Kier alpha value is -11.7. The van der Waals surface area contributed by atoms with Crippen molar-refractivity contribution in [1.29, 1.82) is 0 Å². The molecule has 0 saturated carbocycles. The first-order valence-corrected chi connectivity index (χ1v) is 33.9. The number of benzene rings is 16. The molecule has 16 aromatic carbocycles. The molecule has 0 aromatic heterocycles. The van der Waals surface area contributed by atoms with Crippen molar-refractivity contribution in [3.8, 4) is 0 Å². The number of rotatable bonds is 16. The molecule has 0 fully saturated rings. The Labute approximate surface area is 564 Å². The highest BCUT2D eigenvalue weighted by Gasteiger charge is 2.23. The molecular formula is C92H76N4. The summed E-state index contributed by atoms with van der Waals surface area (Å²) >= 11 is 0. The number of nitrogens with zero attached hydrogens (tertiary/aromatic N) is 4. The third kappa shape index (κ3) is 11.9. The summed E-state index contributed by atoms with van der Waals surface area (Å²) in [4.78, 5) is 9.58. The fraction of sp³-hybridized carbons (Fsp3) is 0.0870. The Morgan fingerprint density at radius 3 is 0.875 bits per heavy atom. The lowest BCUT2D eigenvalue weighted by molar-refractivity contribution is 0.733. The van der Waals surface area contributed by atoms with Gasteiger partial charge in [0.25, 0.3) is 0 Å². The Morgan fingerprint density at radius 2 is 0.469 bits per heavy atom. The van der Waals surface area contributed by atoms with E-state index in [0.29, 0.717) is 11.8 Å². The molecule has 2 atom stereocenters. The van der Waals surface area contributed by atoms with Crippen LogP contribution < -0.4 is 19.6 Å². The molecule has 0 heterocycles. The largest absolute Gasteiger partial charge is 0.310 e. The van der Waals surface area contributed by atoms with Crippen LogP contribution in [0.3, 0.4) is 0 Å². The van der Waals surface area contributed by atoms with Gasteiger partial charge in [0.15, 0.2) is 0 Å². The lowest BCUT2D eigenvalue weighted by atomic mass is 9.98. The van der Waals surface area contributed by atoms with E-state index < -0.39 is 0 Å². The zero-order valence-corrected chi connectivity index (χ0v) is 54.8. The minimum atomic E-state index is 0.526. The van der Waals surface area contributed by atoms with Gasteiger partial charge in [-0.15, -0.1) is 0 Å². The molecule has 0 bridgehead atoms. The van der Waals surface area contributed by atoms with E-state index in [1.54, 1.807) is 0 Å². The summed E-state index contributed by atoms with van der Waals surface area (Å²) < 4.78 is 0. The van der Waals surface area contributed by atoms with E-state index in [0.717, 1.165) is 75.4 Å². The predicted molar refractivity (Wildman–Crippen MR) is 414 cm³/mol. The van der Waals surface area contributed by atoms with E-state index in [9.17, 15) is 0 Å². The molecule has 16 rings (SSSR count). The van der Waals surface area contributed by atoms with E-state index in [-0.39, 0.29) is 0 Å². The predicted octanol–water partition coefficient (Wildman–Crippen LogP) is 27.2. The smallest absolute Gasteiger partial charge is 0.0618 e. The molecule has 0 aliphatic heterocycles. The lowest BCUT2D eigenvalue weighted by Crippen LogP contribution is -2.13. The topological polar surface area (TPSA) is 13.0 Å². The van der Waals surface area contributed by atoms with Crippen molar-refractivity contribution in [3.05, 3.63) is 363 Å². The Kier molecular flexibility index (Phi) is 17.1. The number of fused-ring (bicyclic) bond motifs is 6. The second-order valence-electron chi connectivity index (χ2n) is 25.2. The van der Waals surface area contributed by atoms with Crippen LogP contribution in [0.25, 0.3) is 64.6 Å². The maximum Gasteiger partial charge on any atom is 0.0618 e. The minimum Gasteiger partial charge on any atom is -0.310 e. The fourth-order valence-corrected chi connectivity index (χ4v) is 13.9. The molecular weight excluding hydrogens is 1160 g/mol. The van der Waals surface area contributed by atoms with Gasteiger partial charge in [0, 0.05) is 72.4 Å². The van der Waals surface area contributed by atoms with Crippen LogP contribution in [-0.2, 0) is 0 Å². The first kappa shape index (κ1) is 60.5. The van der Waals surface area contributed by atoms with Crippen LogP contribution in [0.5, 0.6) is 0 Å². The summed E-state index contributed by atoms with van der Waals surface area (Å²) in [6.45, 7) is 9.10. The summed E-state index contributed by atoms with van der Waals surface area (Å²) in [5.41, 5.74) is 16.4. The van der Waals surface area contributed by atoms with Crippen molar-refractivity contribution < 1.29 is 0 Å². The van der Waals surface area contributed by atoms with Crippen molar-refractivity contribution in [2.24, 2.45) is 0 Å². The van der Waals surface area contributed by atoms with Gasteiger partial charge in [0.2, 0.25) is 0 Å². The first-order chi connectivity index (χ1) is 47.4. The maximum absolute atomic E-state index is 2.41. The molecule has 4 heteroatoms.